The average molecular weight is 359 g/mol. The van der Waals surface area contributed by atoms with Gasteiger partial charge in [0.05, 0.1) is 6.04 Å². The second kappa shape index (κ2) is 7.37. The average Bonchev–Trinajstić information content (AvgIpc) is 3.33. The molecule has 1 atom stereocenters. The number of nitrogens with zero attached hydrogens (tertiary/aromatic N) is 5. The second-order valence-corrected chi connectivity index (χ2v) is 7.98. The molecule has 2 amide bonds. The largest absolute Gasteiger partial charge is 0.341 e. The van der Waals surface area contributed by atoms with Crippen molar-refractivity contribution in [2.75, 3.05) is 19.6 Å². The summed E-state index contributed by atoms with van der Waals surface area (Å²) in [5.74, 6) is 2.83. The molecule has 7 nitrogen and oxygen atoms in total. The van der Waals surface area contributed by atoms with E-state index >= 15 is 0 Å². The van der Waals surface area contributed by atoms with E-state index in [2.05, 4.69) is 14.8 Å². The number of carbonyl (C=O) groups excluding carboxylic acids is 2. The number of rotatable bonds is 3. The molecule has 1 aromatic rings. The minimum Gasteiger partial charge on any atom is -0.341 e. The Bertz CT molecular complexity index is 679. The van der Waals surface area contributed by atoms with Gasteiger partial charge in [-0.1, -0.05) is 12.8 Å². The zero-order valence-corrected chi connectivity index (χ0v) is 15.7. The first kappa shape index (κ1) is 17.5. The number of amides is 2. The van der Waals surface area contributed by atoms with Crippen LogP contribution in [0.5, 0.6) is 0 Å². The van der Waals surface area contributed by atoms with Crippen molar-refractivity contribution in [2.24, 2.45) is 5.92 Å². The van der Waals surface area contributed by atoms with Crippen LogP contribution in [0.4, 0.5) is 0 Å². The van der Waals surface area contributed by atoms with Crippen LogP contribution in [0.3, 0.4) is 0 Å². The van der Waals surface area contributed by atoms with E-state index < -0.39 is 0 Å². The van der Waals surface area contributed by atoms with Crippen LogP contribution in [0, 0.1) is 5.92 Å². The number of fused-ring (bicyclic) bond motifs is 1. The maximum Gasteiger partial charge on any atom is 0.223 e. The van der Waals surface area contributed by atoms with Crippen LogP contribution in [0.2, 0.25) is 0 Å². The lowest BCUT2D eigenvalue weighted by Crippen LogP contribution is -2.34. The third kappa shape index (κ3) is 3.35. The maximum atomic E-state index is 12.9. The molecule has 0 radical (unpaired) electrons. The van der Waals surface area contributed by atoms with Crippen LogP contribution in [0.15, 0.2) is 0 Å². The second-order valence-electron chi connectivity index (χ2n) is 7.98. The first-order valence-electron chi connectivity index (χ1n) is 10.1. The Morgan fingerprint density at radius 1 is 1.00 bits per heavy atom. The van der Waals surface area contributed by atoms with Crippen LogP contribution < -0.4 is 0 Å². The number of aromatic nitrogens is 3. The monoisotopic (exact) mass is 359 g/mol. The van der Waals surface area contributed by atoms with E-state index in [0.29, 0.717) is 25.4 Å². The number of carbonyl (C=O) groups is 2. The fraction of sp³-hybridized carbons (Fsp3) is 0.789. The van der Waals surface area contributed by atoms with E-state index in [-0.39, 0.29) is 17.9 Å². The SMILES string of the molecule is CC(=O)N1CCc2nnc([C@H]3CCCN3C(=O)CC3CCCC3)n2CC1. The van der Waals surface area contributed by atoms with Crippen LogP contribution in [-0.4, -0.2) is 56.0 Å². The summed E-state index contributed by atoms with van der Waals surface area (Å²) < 4.78 is 2.16. The Morgan fingerprint density at radius 3 is 2.58 bits per heavy atom. The Labute approximate surface area is 154 Å². The Morgan fingerprint density at radius 2 is 1.81 bits per heavy atom. The fourth-order valence-corrected chi connectivity index (χ4v) is 4.82. The summed E-state index contributed by atoms with van der Waals surface area (Å²) in [6.45, 7) is 4.56. The molecule has 1 aromatic heterocycles. The molecule has 3 heterocycles. The lowest BCUT2D eigenvalue weighted by molar-refractivity contribution is -0.133. The number of hydrogen-bond acceptors (Lipinski definition) is 4. The molecule has 2 aliphatic heterocycles. The molecule has 2 fully saturated rings. The Balaban J connectivity index is 1.49. The van der Waals surface area contributed by atoms with E-state index in [0.717, 1.165) is 44.0 Å². The summed E-state index contributed by atoms with van der Waals surface area (Å²) in [6, 6.07) is 0.0500. The highest BCUT2D eigenvalue weighted by molar-refractivity contribution is 5.77. The quantitative estimate of drug-likeness (QED) is 0.827. The molecule has 1 saturated carbocycles. The molecule has 26 heavy (non-hydrogen) atoms. The summed E-state index contributed by atoms with van der Waals surface area (Å²) >= 11 is 0. The molecule has 4 rings (SSSR count). The molecular weight excluding hydrogens is 330 g/mol. The van der Waals surface area contributed by atoms with Gasteiger partial charge in [0.15, 0.2) is 5.82 Å². The van der Waals surface area contributed by atoms with Gasteiger partial charge in [0.1, 0.15) is 5.82 Å². The number of likely N-dealkylation sites (tertiary alicyclic amines) is 1. The number of hydrogen-bond donors (Lipinski definition) is 0. The summed E-state index contributed by atoms with van der Waals surface area (Å²) in [6.07, 6.45) is 8.35. The summed E-state index contributed by atoms with van der Waals surface area (Å²) in [4.78, 5) is 28.5. The smallest absolute Gasteiger partial charge is 0.223 e. The van der Waals surface area contributed by atoms with Crippen molar-refractivity contribution >= 4 is 11.8 Å². The standard InChI is InChI=1S/C19H29N5O2/c1-14(25)22-10-8-17-20-21-19(24(17)12-11-22)16-7-4-9-23(16)18(26)13-15-5-2-3-6-15/h15-16H,2-13H2,1H3/t16-/m1/s1. The van der Waals surface area contributed by atoms with Crippen molar-refractivity contribution in [3.63, 3.8) is 0 Å². The molecule has 1 aliphatic carbocycles. The van der Waals surface area contributed by atoms with Crippen molar-refractivity contribution < 1.29 is 9.59 Å². The molecule has 0 unspecified atom stereocenters. The molecular formula is C19H29N5O2. The van der Waals surface area contributed by atoms with Gasteiger partial charge in [0.25, 0.3) is 0 Å². The predicted molar refractivity (Wildman–Crippen MR) is 96.2 cm³/mol. The van der Waals surface area contributed by atoms with Gasteiger partial charge in [0.2, 0.25) is 11.8 Å². The van der Waals surface area contributed by atoms with Gasteiger partial charge in [-0.15, -0.1) is 10.2 Å². The van der Waals surface area contributed by atoms with Crippen molar-refractivity contribution in [1.29, 1.82) is 0 Å². The Kier molecular flexibility index (Phi) is 4.96. The van der Waals surface area contributed by atoms with Crippen LogP contribution in [0.25, 0.3) is 0 Å². The van der Waals surface area contributed by atoms with Crippen LogP contribution >= 0.6 is 0 Å². The fourth-order valence-electron chi connectivity index (χ4n) is 4.82. The van der Waals surface area contributed by atoms with E-state index in [1.165, 1.54) is 25.7 Å². The molecule has 142 valence electrons. The van der Waals surface area contributed by atoms with Crippen molar-refractivity contribution in [3.05, 3.63) is 11.6 Å². The lowest BCUT2D eigenvalue weighted by atomic mass is 10.0. The van der Waals surface area contributed by atoms with E-state index in [1.54, 1.807) is 6.92 Å². The van der Waals surface area contributed by atoms with Crippen molar-refractivity contribution in [3.8, 4) is 0 Å². The Hall–Kier alpha value is -1.92. The van der Waals surface area contributed by atoms with Crippen LogP contribution in [-0.2, 0) is 22.6 Å². The zero-order chi connectivity index (χ0) is 18.1. The van der Waals surface area contributed by atoms with E-state index in [9.17, 15) is 9.59 Å². The van der Waals surface area contributed by atoms with Crippen LogP contribution in [0.1, 0.15) is 69.6 Å². The summed E-state index contributed by atoms with van der Waals surface area (Å²) in [5.41, 5.74) is 0. The summed E-state index contributed by atoms with van der Waals surface area (Å²) in [5, 5.41) is 8.86. The molecule has 0 bridgehead atoms. The van der Waals surface area contributed by atoms with Gasteiger partial charge in [0, 0.05) is 45.9 Å². The zero-order valence-electron chi connectivity index (χ0n) is 15.7. The highest BCUT2D eigenvalue weighted by Crippen LogP contribution is 2.35. The highest BCUT2D eigenvalue weighted by Gasteiger charge is 2.35. The van der Waals surface area contributed by atoms with Gasteiger partial charge in [-0.25, -0.2) is 0 Å². The summed E-state index contributed by atoms with van der Waals surface area (Å²) in [7, 11) is 0. The third-order valence-electron chi connectivity index (χ3n) is 6.31. The normalized spacial score (nSPS) is 24.0. The highest BCUT2D eigenvalue weighted by atomic mass is 16.2. The van der Waals surface area contributed by atoms with Gasteiger partial charge in [-0.3, -0.25) is 9.59 Å². The van der Waals surface area contributed by atoms with Gasteiger partial charge in [-0.2, -0.15) is 0 Å². The van der Waals surface area contributed by atoms with Crippen molar-refractivity contribution in [1.82, 2.24) is 24.6 Å². The minimum absolute atomic E-state index is 0.0500. The molecule has 1 saturated heterocycles. The molecule has 0 N–H and O–H groups in total. The first-order chi connectivity index (χ1) is 12.6. The molecule has 0 aromatic carbocycles. The lowest BCUT2D eigenvalue weighted by Gasteiger charge is -2.26. The molecule has 0 spiro atoms. The topological polar surface area (TPSA) is 71.3 Å². The van der Waals surface area contributed by atoms with Gasteiger partial charge >= 0.3 is 0 Å². The van der Waals surface area contributed by atoms with E-state index in [1.807, 2.05) is 9.80 Å². The van der Waals surface area contributed by atoms with Gasteiger partial charge < -0.3 is 14.4 Å². The van der Waals surface area contributed by atoms with E-state index in [4.69, 9.17) is 0 Å². The van der Waals surface area contributed by atoms with Crippen molar-refractivity contribution in [2.45, 2.75) is 70.9 Å². The van der Waals surface area contributed by atoms with Gasteiger partial charge in [-0.05, 0) is 31.6 Å². The minimum atomic E-state index is 0.0500. The third-order valence-corrected chi connectivity index (χ3v) is 6.31. The predicted octanol–water partition coefficient (Wildman–Crippen LogP) is 1.93. The molecule has 7 heteroatoms. The first-order valence-corrected chi connectivity index (χ1v) is 10.1. The molecule has 3 aliphatic rings. The maximum absolute atomic E-state index is 12.9.